The van der Waals surface area contributed by atoms with Crippen LogP contribution < -0.4 is 5.32 Å². The van der Waals surface area contributed by atoms with E-state index in [0.29, 0.717) is 6.61 Å². The van der Waals surface area contributed by atoms with Gasteiger partial charge in [-0.3, -0.25) is 4.99 Å². The van der Waals surface area contributed by atoms with Crippen LogP contribution in [0.15, 0.2) is 4.99 Å². The molecular weight excluding hydrogens is 188 g/mol. The zero-order chi connectivity index (χ0) is 10.8. The van der Waals surface area contributed by atoms with Crippen LogP contribution in [0.2, 0.25) is 0 Å². The van der Waals surface area contributed by atoms with E-state index in [9.17, 15) is 0 Å². The highest BCUT2D eigenvalue weighted by Gasteiger charge is 2.02. The van der Waals surface area contributed by atoms with Gasteiger partial charge < -0.3 is 10.4 Å². The summed E-state index contributed by atoms with van der Waals surface area (Å²) in [6.45, 7) is 2.39. The van der Waals surface area contributed by atoms with Crippen LogP contribution in [0.1, 0.15) is 51.4 Å². The number of aliphatic imine (C=N–C) groups is 1. The number of rotatable bonds is 6. The lowest BCUT2D eigenvalue weighted by Gasteiger charge is -2.07. The van der Waals surface area contributed by atoms with Crippen molar-refractivity contribution in [3.8, 4) is 0 Å². The Kier molecular flexibility index (Phi) is 7.26. The molecule has 1 aliphatic rings. The largest absolute Gasteiger partial charge is 0.396 e. The summed E-state index contributed by atoms with van der Waals surface area (Å²) in [7, 11) is 0. The van der Waals surface area contributed by atoms with Gasteiger partial charge in [0.2, 0.25) is 0 Å². The van der Waals surface area contributed by atoms with Gasteiger partial charge >= 0.3 is 0 Å². The normalized spacial score (nSPS) is 17.0. The van der Waals surface area contributed by atoms with Crippen LogP contribution in [-0.2, 0) is 0 Å². The minimum absolute atomic E-state index is 0.333. The van der Waals surface area contributed by atoms with Gasteiger partial charge in [-0.1, -0.05) is 19.3 Å². The Hall–Kier alpha value is -0.570. The third kappa shape index (κ3) is 6.50. The summed E-state index contributed by atoms with van der Waals surface area (Å²) >= 11 is 0. The van der Waals surface area contributed by atoms with Crippen LogP contribution in [-0.4, -0.2) is 30.6 Å². The van der Waals surface area contributed by atoms with E-state index < -0.39 is 0 Å². The lowest BCUT2D eigenvalue weighted by Crippen LogP contribution is -2.24. The van der Waals surface area contributed by atoms with Crippen molar-refractivity contribution in [1.29, 1.82) is 0 Å². The molecule has 0 fully saturated rings. The predicted octanol–water partition coefficient (Wildman–Crippen LogP) is 2.10. The minimum atomic E-state index is 0.333. The lowest BCUT2D eigenvalue weighted by atomic mass is 10.2. The smallest absolute Gasteiger partial charge is 0.0963 e. The van der Waals surface area contributed by atoms with E-state index in [1.807, 2.05) is 0 Å². The molecule has 0 saturated heterocycles. The second-order valence-electron chi connectivity index (χ2n) is 4.20. The number of nitrogens with zero attached hydrogens (tertiary/aromatic N) is 1. The Balaban J connectivity index is 1.96. The zero-order valence-corrected chi connectivity index (χ0v) is 9.67. The molecule has 0 bridgehead atoms. The predicted molar refractivity (Wildman–Crippen MR) is 64.3 cm³/mol. The van der Waals surface area contributed by atoms with Gasteiger partial charge in [0.25, 0.3) is 0 Å². The van der Waals surface area contributed by atoms with Crippen molar-refractivity contribution in [3.05, 3.63) is 0 Å². The molecular formula is C12H24N2O. The fourth-order valence-corrected chi connectivity index (χ4v) is 1.84. The van der Waals surface area contributed by atoms with Gasteiger partial charge in [-0.2, -0.15) is 0 Å². The van der Waals surface area contributed by atoms with Crippen molar-refractivity contribution in [2.45, 2.75) is 51.4 Å². The molecule has 0 atom stereocenters. The summed E-state index contributed by atoms with van der Waals surface area (Å²) in [5, 5.41) is 12.0. The highest BCUT2D eigenvalue weighted by Crippen LogP contribution is 2.06. The van der Waals surface area contributed by atoms with Crippen LogP contribution in [0.4, 0.5) is 0 Å². The standard InChI is InChI=1S/C12H24N2O/c15-11-7-2-1-5-9-13-12-8-4-3-6-10-14-12/h15H,1-11H2,(H,13,14). The molecule has 3 heteroatoms. The third-order valence-electron chi connectivity index (χ3n) is 2.79. The maximum atomic E-state index is 8.62. The molecule has 0 aromatic heterocycles. The number of nitrogens with one attached hydrogen (secondary N) is 1. The second kappa shape index (κ2) is 8.72. The van der Waals surface area contributed by atoms with Gasteiger partial charge in [-0.25, -0.2) is 0 Å². The van der Waals surface area contributed by atoms with Gasteiger partial charge in [-0.15, -0.1) is 0 Å². The minimum Gasteiger partial charge on any atom is -0.396 e. The second-order valence-corrected chi connectivity index (χ2v) is 4.20. The van der Waals surface area contributed by atoms with Gasteiger partial charge in [0.15, 0.2) is 0 Å². The van der Waals surface area contributed by atoms with Gasteiger partial charge in [0.05, 0.1) is 5.84 Å². The van der Waals surface area contributed by atoms with Crippen molar-refractivity contribution < 1.29 is 5.11 Å². The van der Waals surface area contributed by atoms with E-state index in [4.69, 9.17) is 5.11 Å². The Morgan fingerprint density at radius 1 is 1.07 bits per heavy atom. The summed E-state index contributed by atoms with van der Waals surface area (Å²) < 4.78 is 0. The zero-order valence-electron chi connectivity index (χ0n) is 9.67. The average molecular weight is 212 g/mol. The van der Waals surface area contributed by atoms with E-state index in [0.717, 1.165) is 32.4 Å². The quantitative estimate of drug-likeness (QED) is 0.662. The van der Waals surface area contributed by atoms with E-state index in [1.54, 1.807) is 0 Å². The van der Waals surface area contributed by atoms with E-state index in [-0.39, 0.29) is 0 Å². The van der Waals surface area contributed by atoms with E-state index in [2.05, 4.69) is 10.3 Å². The molecule has 0 spiro atoms. The molecule has 0 radical (unpaired) electrons. The summed E-state index contributed by atoms with van der Waals surface area (Å²) in [5.41, 5.74) is 0. The van der Waals surface area contributed by atoms with Gasteiger partial charge in [-0.05, 0) is 25.7 Å². The Morgan fingerprint density at radius 3 is 2.80 bits per heavy atom. The fourth-order valence-electron chi connectivity index (χ4n) is 1.84. The average Bonchev–Trinajstić information content (AvgIpc) is 2.52. The summed E-state index contributed by atoms with van der Waals surface area (Å²) in [5.74, 6) is 1.22. The highest BCUT2D eigenvalue weighted by atomic mass is 16.2. The highest BCUT2D eigenvalue weighted by molar-refractivity contribution is 5.82. The molecule has 1 rings (SSSR count). The van der Waals surface area contributed by atoms with Crippen LogP contribution in [0.3, 0.4) is 0 Å². The number of aliphatic hydroxyl groups excluding tert-OH is 1. The molecule has 15 heavy (non-hydrogen) atoms. The first-order valence-electron chi connectivity index (χ1n) is 6.31. The topological polar surface area (TPSA) is 44.6 Å². The van der Waals surface area contributed by atoms with Crippen LogP contribution in [0.5, 0.6) is 0 Å². The molecule has 3 nitrogen and oxygen atoms in total. The SMILES string of the molecule is OCCCCCCNC1=NCCCCC1. The van der Waals surface area contributed by atoms with Gasteiger partial charge in [0.1, 0.15) is 0 Å². The number of amidine groups is 1. The van der Waals surface area contributed by atoms with Crippen LogP contribution >= 0.6 is 0 Å². The maximum Gasteiger partial charge on any atom is 0.0963 e. The van der Waals surface area contributed by atoms with Crippen molar-refractivity contribution in [2.75, 3.05) is 19.7 Å². The van der Waals surface area contributed by atoms with Crippen molar-refractivity contribution in [1.82, 2.24) is 5.32 Å². The first-order chi connectivity index (χ1) is 7.43. The monoisotopic (exact) mass is 212 g/mol. The molecule has 0 unspecified atom stereocenters. The fraction of sp³-hybridized carbons (Fsp3) is 0.917. The Bertz CT molecular complexity index is 180. The summed E-state index contributed by atoms with van der Waals surface area (Å²) in [6, 6.07) is 0. The molecule has 1 heterocycles. The molecule has 0 aliphatic carbocycles. The molecule has 88 valence electrons. The van der Waals surface area contributed by atoms with Gasteiger partial charge in [0, 0.05) is 26.1 Å². The summed E-state index contributed by atoms with van der Waals surface area (Å²) in [6.07, 6.45) is 9.49. The molecule has 0 aromatic carbocycles. The Morgan fingerprint density at radius 2 is 1.93 bits per heavy atom. The van der Waals surface area contributed by atoms with Crippen LogP contribution in [0, 0.1) is 0 Å². The van der Waals surface area contributed by atoms with Crippen LogP contribution in [0.25, 0.3) is 0 Å². The van der Waals surface area contributed by atoms with Crippen molar-refractivity contribution >= 4 is 5.84 Å². The van der Waals surface area contributed by atoms with Crippen molar-refractivity contribution in [3.63, 3.8) is 0 Å². The molecule has 0 amide bonds. The van der Waals surface area contributed by atoms with E-state index in [1.165, 1.54) is 37.9 Å². The Labute approximate surface area is 93.0 Å². The van der Waals surface area contributed by atoms with E-state index >= 15 is 0 Å². The third-order valence-corrected chi connectivity index (χ3v) is 2.79. The number of aliphatic hydroxyl groups is 1. The lowest BCUT2D eigenvalue weighted by molar-refractivity contribution is 0.282. The molecule has 0 aromatic rings. The molecule has 1 aliphatic heterocycles. The molecule has 0 saturated carbocycles. The maximum absolute atomic E-state index is 8.62. The molecule has 2 N–H and O–H groups in total. The summed E-state index contributed by atoms with van der Waals surface area (Å²) in [4.78, 5) is 4.52. The van der Waals surface area contributed by atoms with Crippen molar-refractivity contribution in [2.24, 2.45) is 4.99 Å². The first-order valence-corrected chi connectivity index (χ1v) is 6.31. The number of hydrogen-bond donors (Lipinski definition) is 2. The number of unbranched alkanes of at least 4 members (excludes halogenated alkanes) is 3. The number of hydrogen-bond acceptors (Lipinski definition) is 3. The first kappa shape index (κ1) is 12.5.